The normalized spacial score (nSPS) is 9.94. The van der Waals surface area contributed by atoms with Gasteiger partial charge in [0.15, 0.2) is 0 Å². The second-order valence-corrected chi connectivity index (χ2v) is 3.77. The Kier molecular flexibility index (Phi) is 5.38. The molecule has 0 fully saturated rings. The molecule has 0 aliphatic heterocycles. The number of amides is 1. The predicted molar refractivity (Wildman–Crippen MR) is 62.1 cm³/mol. The van der Waals surface area contributed by atoms with Crippen molar-refractivity contribution in [2.24, 2.45) is 0 Å². The third kappa shape index (κ3) is 4.26. The van der Waals surface area contributed by atoms with Gasteiger partial charge in [0.05, 0.1) is 11.6 Å². The summed E-state index contributed by atoms with van der Waals surface area (Å²) in [5.74, 6) is 0.0215. The molecule has 4 nitrogen and oxygen atoms in total. The number of benzene rings is 1. The SMILES string of the molecule is O=C(CO)NCCOc1cc(Cl)ccc1Cl. The number of hydrogen-bond acceptors (Lipinski definition) is 3. The molecule has 1 rings (SSSR count). The average Bonchev–Trinajstić information content (AvgIpc) is 2.28. The van der Waals surface area contributed by atoms with Crippen LogP contribution in [0.25, 0.3) is 0 Å². The van der Waals surface area contributed by atoms with Crippen molar-refractivity contribution in [3.05, 3.63) is 28.2 Å². The zero-order valence-electron chi connectivity index (χ0n) is 8.37. The molecule has 0 aliphatic rings. The molecular weight excluding hydrogens is 253 g/mol. The van der Waals surface area contributed by atoms with Crippen molar-refractivity contribution in [1.82, 2.24) is 5.32 Å². The standard InChI is InChI=1S/C10H11Cl2NO3/c11-7-1-2-8(12)9(5-7)16-4-3-13-10(15)6-14/h1-2,5,14H,3-4,6H2,(H,13,15). The van der Waals surface area contributed by atoms with Gasteiger partial charge in [-0.3, -0.25) is 4.79 Å². The summed E-state index contributed by atoms with van der Waals surface area (Å²) in [5.41, 5.74) is 0. The topological polar surface area (TPSA) is 58.6 Å². The van der Waals surface area contributed by atoms with E-state index in [-0.39, 0.29) is 6.61 Å². The van der Waals surface area contributed by atoms with E-state index in [1.807, 2.05) is 0 Å². The first-order valence-electron chi connectivity index (χ1n) is 4.59. The fourth-order valence-electron chi connectivity index (χ4n) is 0.995. The van der Waals surface area contributed by atoms with Gasteiger partial charge in [-0.15, -0.1) is 0 Å². The number of carbonyl (C=O) groups is 1. The van der Waals surface area contributed by atoms with Gasteiger partial charge in [0.25, 0.3) is 0 Å². The van der Waals surface area contributed by atoms with E-state index in [2.05, 4.69) is 5.32 Å². The molecule has 0 spiro atoms. The highest BCUT2D eigenvalue weighted by atomic mass is 35.5. The van der Waals surface area contributed by atoms with Crippen LogP contribution in [-0.4, -0.2) is 30.8 Å². The van der Waals surface area contributed by atoms with Crippen LogP contribution in [0.1, 0.15) is 0 Å². The van der Waals surface area contributed by atoms with Crippen LogP contribution >= 0.6 is 23.2 Å². The molecule has 88 valence electrons. The molecule has 16 heavy (non-hydrogen) atoms. The number of nitrogens with one attached hydrogen (secondary N) is 1. The van der Waals surface area contributed by atoms with Gasteiger partial charge in [-0.25, -0.2) is 0 Å². The maximum absolute atomic E-state index is 10.7. The molecule has 1 aromatic rings. The Balaban J connectivity index is 2.37. The summed E-state index contributed by atoms with van der Waals surface area (Å²) in [7, 11) is 0. The molecule has 1 amide bonds. The lowest BCUT2D eigenvalue weighted by Crippen LogP contribution is -2.30. The van der Waals surface area contributed by atoms with E-state index in [1.165, 1.54) is 0 Å². The second kappa shape index (κ2) is 6.58. The molecule has 0 atom stereocenters. The van der Waals surface area contributed by atoms with Crippen molar-refractivity contribution in [3.8, 4) is 5.75 Å². The van der Waals surface area contributed by atoms with Gasteiger partial charge >= 0.3 is 0 Å². The van der Waals surface area contributed by atoms with Gasteiger partial charge in [-0.05, 0) is 12.1 Å². The maximum Gasteiger partial charge on any atom is 0.245 e. The van der Waals surface area contributed by atoms with E-state index in [0.29, 0.717) is 22.3 Å². The molecule has 0 bridgehead atoms. The number of halogens is 2. The van der Waals surface area contributed by atoms with Gasteiger partial charge in [0.2, 0.25) is 5.91 Å². The van der Waals surface area contributed by atoms with Gasteiger partial charge in [0.1, 0.15) is 19.0 Å². The fourth-order valence-corrected chi connectivity index (χ4v) is 1.33. The highest BCUT2D eigenvalue weighted by Gasteiger charge is 2.02. The number of hydrogen-bond donors (Lipinski definition) is 2. The zero-order valence-corrected chi connectivity index (χ0v) is 9.88. The van der Waals surface area contributed by atoms with E-state index in [9.17, 15) is 4.79 Å². The lowest BCUT2D eigenvalue weighted by Gasteiger charge is -2.08. The Hall–Kier alpha value is -0.970. The van der Waals surface area contributed by atoms with E-state index in [4.69, 9.17) is 33.0 Å². The number of aliphatic hydroxyl groups is 1. The molecule has 0 aromatic heterocycles. The van der Waals surface area contributed by atoms with Crippen molar-refractivity contribution in [3.63, 3.8) is 0 Å². The van der Waals surface area contributed by atoms with Crippen LogP contribution in [0.3, 0.4) is 0 Å². The lowest BCUT2D eigenvalue weighted by molar-refractivity contribution is -0.123. The van der Waals surface area contributed by atoms with Crippen molar-refractivity contribution >= 4 is 29.1 Å². The molecule has 0 saturated carbocycles. The largest absolute Gasteiger partial charge is 0.490 e. The van der Waals surface area contributed by atoms with Crippen LogP contribution in [0.4, 0.5) is 0 Å². The Bertz CT molecular complexity index is 371. The Morgan fingerprint density at radius 1 is 1.44 bits per heavy atom. The van der Waals surface area contributed by atoms with Crippen molar-refractivity contribution in [2.75, 3.05) is 19.8 Å². The van der Waals surface area contributed by atoms with Crippen LogP contribution in [-0.2, 0) is 4.79 Å². The first-order valence-corrected chi connectivity index (χ1v) is 5.34. The number of carbonyl (C=O) groups excluding carboxylic acids is 1. The van der Waals surface area contributed by atoms with Crippen LogP contribution in [0, 0.1) is 0 Å². The van der Waals surface area contributed by atoms with Gasteiger partial charge in [0, 0.05) is 11.1 Å². The zero-order chi connectivity index (χ0) is 12.0. The highest BCUT2D eigenvalue weighted by molar-refractivity contribution is 6.34. The van der Waals surface area contributed by atoms with E-state index in [0.717, 1.165) is 0 Å². The minimum absolute atomic E-state index is 0.256. The quantitative estimate of drug-likeness (QED) is 0.792. The molecule has 0 aliphatic carbocycles. The summed E-state index contributed by atoms with van der Waals surface area (Å²) in [4.78, 5) is 10.7. The number of ether oxygens (including phenoxy) is 1. The Morgan fingerprint density at radius 3 is 2.88 bits per heavy atom. The molecule has 2 N–H and O–H groups in total. The number of rotatable bonds is 5. The number of aliphatic hydroxyl groups excluding tert-OH is 1. The monoisotopic (exact) mass is 263 g/mol. The molecular formula is C10H11Cl2NO3. The third-order valence-corrected chi connectivity index (χ3v) is 2.27. The smallest absolute Gasteiger partial charge is 0.245 e. The highest BCUT2D eigenvalue weighted by Crippen LogP contribution is 2.27. The molecule has 1 aromatic carbocycles. The van der Waals surface area contributed by atoms with Crippen LogP contribution in [0.2, 0.25) is 10.0 Å². The predicted octanol–water partition coefficient (Wildman–Crippen LogP) is 1.48. The summed E-state index contributed by atoms with van der Waals surface area (Å²) in [6, 6.07) is 4.88. The lowest BCUT2D eigenvalue weighted by atomic mass is 10.3. The summed E-state index contributed by atoms with van der Waals surface area (Å²) >= 11 is 11.6. The maximum atomic E-state index is 10.7. The molecule has 0 saturated heterocycles. The third-order valence-electron chi connectivity index (χ3n) is 1.72. The fraction of sp³-hybridized carbons (Fsp3) is 0.300. The molecule has 6 heteroatoms. The first-order chi connectivity index (χ1) is 7.63. The Labute approximate surface area is 103 Å². The molecule has 0 heterocycles. The van der Waals surface area contributed by atoms with Crippen molar-refractivity contribution in [1.29, 1.82) is 0 Å². The minimum Gasteiger partial charge on any atom is -0.490 e. The van der Waals surface area contributed by atoms with Gasteiger partial charge in [-0.2, -0.15) is 0 Å². The van der Waals surface area contributed by atoms with Crippen LogP contribution in [0.5, 0.6) is 5.75 Å². The molecule has 0 unspecified atom stereocenters. The Morgan fingerprint density at radius 2 is 2.19 bits per heavy atom. The average molecular weight is 264 g/mol. The summed E-state index contributed by atoms with van der Waals surface area (Å²) in [6.45, 7) is 0.0198. The molecule has 0 radical (unpaired) electrons. The van der Waals surface area contributed by atoms with Crippen molar-refractivity contribution < 1.29 is 14.6 Å². The minimum atomic E-state index is -0.530. The summed E-state index contributed by atoms with van der Waals surface area (Å²) in [5, 5.41) is 11.9. The van der Waals surface area contributed by atoms with E-state index < -0.39 is 12.5 Å². The summed E-state index contributed by atoms with van der Waals surface area (Å²) in [6.07, 6.45) is 0. The van der Waals surface area contributed by atoms with Gasteiger partial charge < -0.3 is 15.2 Å². The summed E-state index contributed by atoms with van der Waals surface area (Å²) < 4.78 is 5.30. The van der Waals surface area contributed by atoms with Crippen molar-refractivity contribution in [2.45, 2.75) is 0 Å². The van der Waals surface area contributed by atoms with Crippen LogP contribution < -0.4 is 10.1 Å². The van der Waals surface area contributed by atoms with E-state index >= 15 is 0 Å². The van der Waals surface area contributed by atoms with Crippen LogP contribution in [0.15, 0.2) is 18.2 Å². The van der Waals surface area contributed by atoms with E-state index in [1.54, 1.807) is 18.2 Å². The second-order valence-electron chi connectivity index (χ2n) is 2.93. The van der Waals surface area contributed by atoms with Gasteiger partial charge in [-0.1, -0.05) is 23.2 Å². The first kappa shape index (κ1) is 13.1.